The summed E-state index contributed by atoms with van der Waals surface area (Å²) < 4.78 is 61.8. The Hall–Kier alpha value is -1.25. The number of alkyl halides is 5. The molecule has 0 spiro atoms. The van der Waals surface area contributed by atoms with Crippen molar-refractivity contribution in [3.63, 3.8) is 0 Å². The van der Waals surface area contributed by atoms with Crippen molar-refractivity contribution in [2.24, 2.45) is 0 Å². The first kappa shape index (κ1) is 13.8. The van der Waals surface area contributed by atoms with E-state index in [-0.39, 0.29) is 0 Å². The van der Waals surface area contributed by atoms with Gasteiger partial charge in [-0.25, -0.2) is 8.78 Å². The van der Waals surface area contributed by atoms with Crippen LogP contribution < -0.4 is 0 Å². The first-order valence-corrected chi connectivity index (χ1v) is 4.77. The third kappa shape index (κ3) is 2.71. The lowest BCUT2D eigenvalue weighted by Gasteiger charge is -2.11. The van der Waals surface area contributed by atoms with E-state index in [0.29, 0.717) is 12.1 Å². The average molecular weight is 320 g/mol. The lowest BCUT2D eigenvalue weighted by atomic mass is 10.1. The second-order valence-corrected chi connectivity index (χ2v) is 3.77. The standard InChI is InChI=1S/C8H3BrF5NO2/c9-4-2-1-3(8(12,13)14)6(15(16)17)5(4)7(10)11/h1-2,7H. The summed E-state index contributed by atoms with van der Waals surface area (Å²) in [6.07, 6.45) is -8.45. The Kier molecular flexibility index (Phi) is 3.70. The molecule has 0 aliphatic carbocycles. The minimum Gasteiger partial charge on any atom is -0.258 e. The minimum absolute atomic E-state index is 0.383. The fourth-order valence-corrected chi connectivity index (χ4v) is 1.71. The lowest BCUT2D eigenvalue weighted by Crippen LogP contribution is -2.11. The molecule has 0 radical (unpaired) electrons. The van der Waals surface area contributed by atoms with E-state index in [0.717, 1.165) is 0 Å². The van der Waals surface area contributed by atoms with Crippen molar-refractivity contribution in [2.45, 2.75) is 12.6 Å². The average Bonchev–Trinajstić information content (AvgIpc) is 2.14. The smallest absolute Gasteiger partial charge is 0.258 e. The SMILES string of the molecule is O=[N+]([O-])c1c(C(F)(F)F)ccc(Br)c1C(F)F. The van der Waals surface area contributed by atoms with E-state index in [1.807, 2.05) is 0 Å². The van der Waals surface area contributed by atoms with Crippen molar-refractivity contribution < 1.29 is 26.9 Å². The fourth-order valence-electron chi connectivity index (χ4n) is 1.22. The molecule has 0 aliphatic heterocycles. The first-order chi connectivity index (χ1) is 7.66. The zero-order chi connectivity index (χ0) is 13.4. The van der Waals surface area contributed by atoms with Crippen molar-refractivity contribution >= 4 is 21.6 Å². The highest BCUT2D eigenvalue weighted by atomic mass is 79.9. The van der Waals surface area contributed by atoms with Crippen molar-refractivity contribution in [3.05, 3.63) is 37.8 Å². The summed E-state index contributed by atoms with van der Waals surface area (Å²) in [5.41, 5.74) is -4.59. The van der Waals surface area contributed by atoms with Gasteiger partial charge >= 0.3 is 6.18 Å². The number of nitro benzene ring substituents is 1. The highest BCUT2D eigenvalue weighted by molar-refractivity contribution is 9.10. The Morgan fingerprint density at radius 2 is 1.82 bits per heavy atom. The molecule has 1 aromatic rings. The summed E-state index contributed by atoms with van der Waals surface area (Å²) in [5, 5.41) is 10.5. The molecule has 0 N–H and O–H groups in total. The molecule has 0 unspecified atom stereocenters. The third-order valence-electron chi connectivity index (χ3n) is 1.87. The van der Waals surface area contributed by atoms with Crippen LogP contribution in [0.3, 0.4) is 0 Å². The molecule has 0 aliphatic rings. The van der Waals surface area contributed by atoms with Gasteiger partial charge in [-0.15, -0.1) is 0 Å². The van der Waals surface area contributed by atoms with E-state index in [2.05, 4.69) is 15.9 Å². The van der Waals surface area contributed by atoms with Crippen molar-refractivity contribution in [1.29, 1.82) is 0 Å². The molecule has 9 heteroatoms. The van der Waals surface area contributed by atoms with E-state index >= 15 is 0 Å². The normalized spacial score (nSPS) is 11.9. The number of halogens is 6. The summed E-state index contributed by atoms with van der Waals surface area (Å²) in [7, 11) is 0. The summed E-state index contributed by atoms with van der Waals surface area (Å²) >= 11 is 2.57. The summed E-state index contributed by atoms with van der Waals surface area (Å²) in [6, 6.07) is 1.09. The van der Waals surface area contributed by atoms with Gasteiger partial charge in [0.25, 0.3) is 12.1 Å². The predicted molar refractivity (Wildman–Crippen MR) is 50.8 cm³/mol. The molecule has 0 amide bonds. The molecule has 1 rings (SSSR count). The van der Waals surface area contributed by atoms with Gasteiger partial charge in [-0.1, -0.05) is 15.9 Å². The third-order valence-corrected chi connectivity index (χ3v) is 2.56. The maximum atomic E-state index is 12.5. The molecule has 3 nitrogen and oxygen atoms in total. The van der Waals surface area contributed by atoms with E-state index in [1.54, 1.807) is 0 Å². The number of hydrogen-bond donors (Lipinski definition) is 0. The van der Waals surface area contributed by atoms with Crippen molar-refractivity contribution in [3.8, 4) is 0 Å². The second-order valence-electron chi connectivity index (χ2n) is 2.91. The molecule has 0 aromatic heterocycles. The molecule has 94 valence electrons. The maximum absolute atomic E-state index is 12.5. The number of nitrogens with zero attached hydrogens (tertiary/aromatic N) is 1. The van der Waals surface area contributed by atoms with Gasteiger partial charge in [0.2, 0.25) is 0 Å². The highest BCUT2D eigenvalue weighted by Crippen LogP contribution is 2.43. The van der Waals surface area contributed by atoms with E-state index in [9.17, 15) is 32.1 Å². The van der Waals surface area contributed by atoms with Crippen LogP contribution in [0.5, 0.6) is 0 Å². The van der Waals surface area contributed by atoms with E-state index < -0.39 is 38.8 Å². The topological polar surface area (TPSA) is 43.1 Å². The largest absolute Gasteiger partial charge is 0.423 e. The van der Waals surface area contributed by atoms with Crippen LogP contribution in [0.4, 0.5) is 27.6 Å². The molecule has 0 bridgehead atoms. The Bertz CT molecular complexity index is 460. The molecule has 17 heavy (non-hydrogen) atoms. The second kappa shape index (κ2) is 4.55. The van der Waals surface area contributed by atoms with Gasteiger partial charge in [0, 0.05) is 4.47 Å². The minimum atomic E-state index is -5.06. The molecule has 0 heterocycles. The Morgan fingerprint density at radius 1 is 1.29 bits per heavy atom. The zero-order valence-corrected chi connectivity index (χ0v) is 9.35. The Labute approximate surface area is 99.5 Å². The van der Waals surface area contributed by atoms with Crippen LogP contribution in [0.1, 0.15) is 17.6 Å². The number of benzene rings is 1. The van der Waals surface area contributed by atoms with E-state index in [1.165, 1.54) is 0 Å². The van der Waals surface area contributed by atoms with Gasteiger partial charge in [-0.3, -0.25) is 10.1 Å². The van der Waals surface area contributed by atoms with E-state index in [4.69, 9.17) is 0 Å². The van der Waals surface area contributed by atoms with Gasteiger partial charge in [-0.05, 0) is 12.1 Å². The van der Waals surface area contributed by atoms with Crippen LogP contribution in [-0.2, 0) is 6.18 Å². The molecule has 0 saturated carbocycles. The molecular formula is C8H3BrF5NO2. The predicted octanol–water partition coefficient (Wildman–Crippen LogP) is 4.31. The fraction of sp³-hybridized carbons (Fsp3) is 0.250. The van der Waals surface area contributed by atoms with Crippen LogP contribution in [0, 0.1) is 10.1 Å². The number of rotatable bonds is 2. The van der Waals surface area contributed by atoms with Crippen LogP contribution in [-0.4, -0.2) is 4.92 Å². The van der Waals surface area contributed by atoms with Gasteiger partial charge in [-0.2, -0.15) is 13.2 Å². The monoisotopic (exact) mass is 319 g/mol. The highest BCUT2D eigenvalue weighted by Gasteiger charge is 2.42. The van der Waals surface area contributed by atoms with Crippen LogP contribution in [0.25, 0.3) is 0 Å². The Balaban J connectivity index is 3.66. The van der Waals surface area contributed by atoms with Crippen molar-refractivity contribution in [1.82, 2.24) is 0 Å². The van der Waals surface area contributed by atoms with Gasteiger partial charge < -0.3 is 0 Å². The van der Waals surface area contributed by atoms with Gasteiger partial charge in [0.15, 0.2) is 0 Å². The number of nitro groups is 1. The van der Waals surface area contributed by atoms with Crippen LogP contribution >= 0.6 is 15.9 Å². The van der Waals surface area contributed by atoms with Crippen molar-refractivity contribution in [2.75, 3.05) is 0 Å². The molecular weight excluding hydrogens is 317 g/mol. The summed E-state index contributed by atoms with van der Waals surface area (Å²) in [4.78, 5) is 9.03. The summed E-state index contributed by atoms with van der Waals surface area (Å²) in [5.74, 6) is 0. The molecule has 0 saturated heterocycles. The number of hydrogen-bond acceptors (Lipinski definition) is 2. The molecule has 0 fully saturated rings. The van der Waals surface area contributed by atoms with Gasteiger partial charge in [0.05, 0.1) is 4.92 Å². The quantitative estimate of drug-likeness (QED) is 0.463. The molecule has 0 atom stereocenters. The lowest BCUT2D eigenvalue weighted by molar-refractivity contribution is -0.389. The maximum Gasteiger partial charge on any atom is 0.423 e. The van der Waals surface area contributed by atoms with Crippen LogP contribution in [0.15, 0.2) is 16.6 Å². The summed E-state index contributed by atoms with van der Waals surface area (Å²) in [6.45, 7) is 0. The first-order valence-electron chi connectivity index (χ1n) is 3.98. The zero-order valence-electron chi connectivity index (χ0n) is 7.76. The van der Waals surface area contributed by atoms with Gasteiger partial charge in [0.1, 0.15) is 11.1 Å². The van der Waals surface area contributed by atoms with Crippen LogP contribution in [0.2, 0.25) is 0 Å². The Morgan fingerprint density at radius 3 is 2.18 bits per heavy atom. The molecule has 1 aromatic carbocycles.